The van der Waals surface area contributed by atoms with Gasteiger partial charge >= 0.3 is 0 Å². The molecule has 1 fully saturated rings. The second-order valence-corrected chi connectivity index (χ2v) is 5.58. The molecule has 1 aliphatic rings. The molecule has 0 saturated heterocycles. The van der Waals surface area contributed by atoms with E-state index in [4.69, 9.17) is 0 Å². The molecule has 1 unspecified atom stereocenters. The molecule has 1 atom stereocenters. The minimum Gasteiger partial charge on any atom is -0.315 e. The Morgan fingerprint density at radius 1 is 1.19 bits per heavy atom. The fourth-order valence-corrected chi connectivity index (χ4v) is 2.90. The number of nitrogens with zero attached hydrogens (tertiary/aromatic N) is 1. The van der Waals surface area contributed by atoms with Crippen LogP contribution in [0.2, 0.25) is 0 Å². The summed E-state index contributed by atoms with van der Waals surface area (Å²) in [6.45, 7) is 9.11. The average molecular weight is 226 g/mol. The Morgan fingerprint density at radius 2 is 1.81 bits per heavy atom. The molecule has 2 heteroatoms. The number of rotatable bonds is 6. The van der Waals surface area contributed by atoms with E-state index in [0.717, 1.165) is 25.0 Å². The van der Waals surface area contributed by atoms with Gasteiger partial charge in [-0.25, -0.2) is 0 Å². The molecule has 16 heavy (non-hydrogen) atoms. The number of hydrogen-bond acceptors (Lipinski definition) is 2. The normalized spacial score (nSPS) is 20.6. The molecule has 0 aromatic carbocycles. The van der Waals surface area contributed by atoms with Gasteiger partial charge in [-0.1, -0.05) is 40.0 Å². The Hall–Kier alpha value is -0.0800. The Morgan fingerprint density at radius 3 is 2.31 bits per heavy atom. The molecule has 0 bridgehead atoms. The Kier molecular flexibility index (Phi) is 6.37. The molecule has 2 nitrogen and oxygen atoms in total. The van der Waals surface area contributed by atoms with Gasteiger partial charge in [-0.2, -0.15) is 0 Å². The lowest BCUT2D eigenvalue weighted by Crippen LogP contribution is -2.48. The van der Waals surface area contributed by atoms with Gasteiger partial charge in [0.1, 0.15) is 0 Å². The molecule has 0 radical (unpaired) electrons. The second kappa shape index (κ2) is 7.29. The summed E-state index contributed by atoms with van der Waals surface area (Å²) in [4.78, 5) is 2.65. The lowest BCUT2D eigenvalue weighted by Gasteiger charge is -2.39. The van der Waals surface area contributed by atoms with Crippen LogP contribution < -0.4 is 5.32 Å². The fraction of sp³-hybridized carbons (Fsp3) is 1.00. The average Bonchev–Trinajstić information content (AvgIpc) is 2.30. The van der Waals surface area contributed by atoms with Crippen LogP contribution in [0, 0.1) is 5.92 Å². The van der Waals surface area contributed by atoms with Crippen molar-refractivity contribution in [2.45, 2.75) is 65.0 Å². The molecule has 0 aromatic rings. The Balaban J connectivity index is 2.47. The van der Waals surface area contributed by atoms with Gasteiger partial charge in [0, 0.05) is 18.6 Å². The van der Waals surface area contributed by atoms with Gasteiger partial charge in [0.25, 0.3) is 0 Å². The highest BCUT2D eigenvalue weighted by molar-refractivity contribution is 4.82. The molecule has 1 aliphatic carbocycles. The van der Waals surface area contributed by atoms with Gasteiger partial charge in [0.15, 0.2) is 0 Å². The standard InChI is InChI=1S/C14H30N2/c1-5-15-11-14(12(2)3)16(4)13-9-7-6-8-10-13/h12-15H,5-11H2,1-4H3. The van der Waals surface area contributed by atoms with Crippen molar-refractivity contribution in [3.05, 3.63) is 0 Å². The van der Waals surface area contributed by atoms with E-state index in [9.17, 15) is 0 Å². The van der Waals surface area contributed by atoms with Crippen molar-refractivity contribution >= 4 is 0 Å². The summed E-state index contributed by atoms with van der Waals surface area (Å²) >= 11 is 0. The van der Waals surface area contributed by atoms with Crippen molar-refractivity contribution < 1.29 is 0 Å². The van der Waals surface area contributed by atoms with Crippen LogP contribution in [0.3, 0.4) is 0 Å². The molecule has 0 aromatic heterocycles. The van der Waals surface area contributed by atoms with Crippen LogP contribution in [0.1, 0.15) is 52.9 Å². The first kappa shape index (κ1) is 14.0. The quantitative estimate of drug-likeness (QED) is 0.749. The highest BCUT2D eigenvalue weighted by Crippen LogP contribution is 2.24. The van der Waals surface area contributed by atoms with Crippen LogP contribution >= 0.6 is 0 Å². The highest BCUT2D eigenvalue weighted by Gasteiger charge is 2.25. The summed E-state index contributed by atoms with van der Waals surface area (Å²) in [5, 5.41) is 3.51. The third-order valence-corrected chi connectivity index (χ3v) is 4.05. The number of hydrogen-bond donors (Lipinski definition) is 1. The minimum absolute atomic E-state index is 0.697. The monoisotopic (exact) mass is 226 g/mol. The predicted octanol–water partition coefficient (Wildman–Crippen LogP) is 2.89. The second-order valence-electron chi connectivity index (χ2n) is 5.58. The van der Waals surface area contributed by atoms with Crippen LogP contribution in [-0.2, 0) is 0 Å². The molecule has 0 aliphatic heterocycles. The van der Waals surface area contributed by atoms with Crippen molar-refractivity contribution in [2.75, 3.05) is 20.1 Å². The zero-order valence-electron chi connectivity index (χ0n) is 11.6. The molecular formula is C14H30N2. The lowest BCUT2D eigenvalue weighted by atomic mass is 9.91. The molecule has 0 amide bonds. The van der Waals surface area contributed by atoms with Crippen molar-refractivity contribution in [2.24, 2.45) is 5.92 Å². The van der Waals surface area contributed by atoms with Crippen LogP contribution in [0.5, 0.6) is 0 Å². The van der Waals surface area contributed by atoms with Gasteiger partial charge in [-0.05, 0) is 32.4 Å². The van der Waals surface area contributed by atoms with Crippen LogP contribution in [0.4, 0.5) is 0 Å². The summed E-state index contributed by atoms with van der Waals surface area (Å²) in [5.74, 6) is 0.742. The van der Waals surface area contributed by atoms with Gasteiger partial charge in [0.05, 0.1) is 0 Å². The van der Waals surface area contributed by atoms with Gasteiger partial charge in [0.2, 0.25) is 0 Å². The van der Waals surface area contributed by atoms with E-state index in [0.29, 0.717) is 6.04 Å². The zero-order chi connectivity index (χ0) is 12.0. The molecule has 0 heterocycles. The minimum atomic E-state index is 0.697. The molecule has 1 saturated carbocycles. The first-order chi connectivity index (χ1) is 7.66. The summed E-state index contributed by atoms with van der Waals surface area (Å²) in [5.41, 5.74) is 0. The maximum Gasteiger partial charge on any atom is 0.0243 e. The van der Waals surface area contributed by atoms with E-state index in [2.05, 4.69) is 38.0 Å². The summed E-state index contributed by atoms with van der Waals surface area (Å²) < 4.78 is 0. The maximum absolute atomic E-state index is 3.51. The molecule has 96 valence electrons. The molecule has 1 rings (SSSR count). The summed E-state index contributed by atoms with van der Waals surface area (Å²) in [6.07, 6.45) is 7.13. The van der Waals surface area contributed by atoms with Gasteiger partial charge in [-0.15, -0.1) is 0 Å². The number of likely N-dealkylation sites (N-methyl/N-ethyl adjacent to an activating group) is 2. The Bertz CT molecular complexity index is 174. The topological polar surface area (TPSA) is 15.3 Å². The molecular weight excluding hydrogens is 196 g/mol. The van der Waals surface area contributed by atoms with E-state index >= 15 is 0 Å². The van der Waals surface area contributed by atoms with Crippen LogP contribution in [0.25, 0.3) is 0 Å². The lowest BCUT2D eigenvalue weighted by molar-refractivity contribution is 0.107. The van der Waals surface area contributed by atoms with Crippen molar-refractivity contribution in [1.82, 2.24) is 10.2 Å². The highest BCUT2D eigenvalue weighted by atomic mass is 15.2. The van der Waals surface area contributed by atoms with Crippen molar-refractivity contribution in [3.8, 4) is 0 Å². The fourth-order valence-electron chi connectivity index (χ4n) is 2.90. The van der Waals surface area contributed by atoms with Gasteiger partial charge in [-0.3, -0.25) is 4.90 Å². The Labute approximate surface area is 102 Å². The van der Waals surface area contributed by atoms with E-state index in [-0.39, 0.29) is 0 Å². The van der Waals surface area contributed by atoms with Gasteiger partial charge < -0.3 is 5.32 Å². The van der Waals surface area contributed by atoms with Crippen LogP contribution in [-0.4, -0.2) is 37.1 Å². The SMILES string of the molecule is CCNCC(C(C)C)N(C)C1CCCCC1. The largest absolute Gasteiger partial charge is 0.315 e. The molecule has 0 spiro atoms. The van der Waals surface area contributed by atoms with Crippen molar-refractivity contribution in [3.63, 3.8) is 0 Å². The maximum atomic E-state index is 3.51. The number of nitrogens with one attached hydrogen (secondary N) is 1. The van der Waals surface area contributed by atoms with Crippen molar-refractivity contribution in [1.29, 1.82) is 0 Å². The van der Waals surface area contributed by atoms with E-state index in [1.807, 2.05) is 0 Å². The summed E-state index contributed by atoms with van der Waals surface area (Å²) in [7, 11) is 2.33. The van der Waals surface area contributed by atoms with E-state index < -0.39 is 0 Å². The first-order valence-electron chi connectivity index (χ1n) is 7.09. The van der Waals surface area contributed by atoms with E-state index in [1.54, 1.807) is 0 Å². The third kappa shape index (κ3) is 4.06. The van der Waals surface area contributed by atoms with Crippen LogP contribution in [0.15, 0.2) is 0 Å². The smallest absolute Gasteiger partial charge is 0.0243 e. The molecule has 1 N–H and O–H groups in total. The third-order valence-electron chi connectivity index (χ3n) is 4.05. The zero-order valence-corrected chi connectivity index (χ0v) is 11.6. The first-order valence-corrected chi connectivity index (χ1v) is 7.09. The predicted molar refractivity (Wildman–Crippen MR) is 71.8 cm³/mol. The van der Waals surface area contributed by atoms with E-state index in [1.165, 1.54) is 32.1 Å². The summed E-state index contributed by atoms with van der Waals surface area (Å²) in [6, 6.07) is 1.53.